The maximum atomic E-state index is 12.4. The molecule has 2 saturated heterocycles. The van der Waals surface area contributed by atoms with Gasteiger partial charge in [-0.1, -0.05) is 60.7 Å². The van der Waals surface area contributed by atoms with Crippen LogP contribution >= 0.6 is 24.0 Å². The molecule has 2 aromatic carbocycles. The molecule has 2 fully saturated rings. The fourth-order valence-electron chi connectivity index (χ4n) is 4.56. The fraction of sp³-hybridized carbons (Fsp3) is 0.462. The zero-order chi connectivity index (χ0) is 22.9. The molecule has 2 N–H and O–H groups in total. The van der Waals surface area contributed by atoms with E-state index in [0.717, 1.165) is 51.7 Å². The summed E-state index contributed by atoms with van der Waals surface area (Å²) >= 11 is 0. The number of guanidine groups is 1. The number of aliphatic imine (C=N–C) groups is 1. The van der Waals surface area contributed by atoms with Gasteiger partial charge in [0.25, 0.3) is 0 Å². The lowest BCUT2D eigenvalue weighted by Crippen LogP contribution is -2.50. The third-order valence-corrected chi connectivity index (χ3v) is 6.23. The van der Waals surface area contributed by atoms with E-state index in [1.807, 2.05) is 18.2 Å². The van der Waals surface area contributed by atoms with Gasteiger partial charge in [0, 0.05) is 39.3 Å². The van der Waals surface area contributed by atoms with Crippen LogP contribution in [0.4, 0.5) is 0 Å². The number of ether oxygens (including phenoxy) is 1. The van der Waals surface area contributed by atoms with Crippen molar-refractivity contribution in [1.29, 1.82) is 0 Å². The predicted molar refractivity (Wildman–Crippen MR) is 147 cm³/mol. The van der Waals surface area contributed by atoms with E-state index < -0.39 is 0 Å². The topological polar surface area (TPSA) is 69.2 Å². The second-order valence-corrected chi connectivity index (χ2v) is 8.59. The zero-order valence-electron chi connectivity index (χ0n) is 19.9. The Morgan fingerprint density at radius 1 is 1.03 bits per heavy atom. The van der Waals surface area contributed by atoms with E-state index in [-0.39, 0.29) is 42.5 Å². The van der Waals surface area contributed by atoms with E-state index >= 15 is 0 Å². The number of benzene rings is 2. The van der Waals surface area contributed by atoms with Gasteiger partial charge in [-0.2, -0.15) is 0 Å². The summed E-state index contributed by atoms with van der Waals surface area (Å²) < 4.78 is 6.10. The minimum Gasteiger partial charge on any atom is -0.373 e. The summed E-state index contributed by atoms with van der Waals surface area (Å²) in [5.41, 5.74) is 2.54. The average molecular weight is 578 g/mol. The Bertz CT molecular complexity index is 912. The van der Waals surface area contributed by atoms with Crippen LogP contribution < -0.4 is 10.6 Å². The highest BCUT2D eigenvalue weighted by Crippen LogP contribution is 2.24. The standard InChI is InChI=1S/C26H35N5O2.HI/c1-2-27-26(29-17-25(32)28-14-13-21-9-5-3-6-10-21)31-19-23-24(20-31)33-16-15-30(23)18-22-11-7-4-8-12-22;/h3-12,23-24H,2,13-20H2,1H3,(H,27,29)(H,28,32);1H. The van der Waals surface area contributed by atoms with Crippen LogP contribution in [0, 0.1) is 0 Å². The fourth-order valence-corrected chi connectivity index (χ4v) is 4.56. The first-order chi connectivity index (χ1) is 16.2. The number of amides is 1. The minimum atomic E-state index is -0.0556. The maximum absolute atomic E-state index is 12.4. The van der Waals surface area contributed by atoms with Gasteiger partial charge in [0.2, 0.25) is 5.91 Å². The lowest BCUT2D eigenvalue weighted by molar-refractivity contribution is -0.119. The molecule has 0 bridgehead atoms. The number of nitrogens with one attached hydrogen (secondary N) is 2. The molecule has 2 atom stereocenters. The number of carbonyl (C=O) groups excluding carboxylic acids is 1. The Hall–Kier alpha value is -2.17. The summed E-state index contributed by atoms with van der Waals surface area (Å²) in [6.45, 7) is 7.79. The molecule has 1 amide bonds. The van der Waals surface area contributed by atoms with Crippen LogP contribution in [0.3, 0.4) is 0 Å². The van der Waals surface area contributed by atoms with Gasteiger partial charge in [0.1, 0.15) is 6.54 Å². The van der Waals surface area contributed by atoms with Gasteiger partial charge in [-0.15, -0.1) is 24.0 Å². The lowest BCUT2D eigenvalue weighted by Gasteiger charge is -2.36. The molecule has 7 nitrogen and oxygen atoms in total. The first-order valence-electron chi connectivity index (χ1n) is 12.0. The third kappa shape index (κ3) is 7.41. The van der Waals surface area contributed by atoms with Crippen LogP contribution in [0.1, 0.15) is 18.1 Å². The number of halogens is 1. The second kappa shape index (κ2) is 13.7. The van der Waals surface area contributed by atoms with Gasteiger partial charge < -0.3 is 20.3 Å². The minimum absolute atomic E-state index is 0. The van der Waals surface area contributed by atoms with Crippen LogP contribution in [0.25, 0.3) is 0 Å². The molecule has 4 rings (SSSR count). The summed E-state index contributed by atoms with van der Waals surface area (Å²) in [6.07, 6.45) is 0.978. The maximum Gasteiger partial charge on any atom is 0.241 e. The van der Waals surface area contributed by atoms with Crippen molar-refractivity contribution in [3.05, 3.63) is 71.8 Å². The van der Waals surface area contributed by atoms with Crippen molar-refractivity contribution < 1.29 is 9.53 Å². The quantitative estimate of drug-likeness (QED) is 0.287. The number of hydrogen-bond donors (Lipinski definition) is 2. The second-order valence-electron chi connectivity index (χ2n) is 8.59. The Morgan fingerprint density at radius 2 is 1.74 bits per heavy atom. The van der Waals surface area contributed by atoms with Gasteiger partial charge in [0.05, 0.1) is 18.8 Å². The number of fused-ring (bicyclic) bond motifs is 1. The highest BCUT2D eigenvalue weighted by Gasteiger charge is 2.41. The molecule has 8 heteroatoms. The molecule has 2 aromatic rings. The number of carbonyl (C=O) groups is 1. The largest absolute Gasteiger partial charge is 0.373 e. The predicted octanol–water partition coefficient (Wildman–Crippen LogP) is 2.51. The van der Waals surface area contributed by atoms with E-state index in [1.165, 1.54) is 11.1 Å². The van der Waals surface area contributed by atoms with Crippen LogP contribution in [0.2, 0.25) is 0 Å². The normalized spacial score (nSPS) is 20.4. The number of likely N-dealkylation sites (tertiary alicyclic amines) is 1. The molecule has 0 aromatic heterocycles. The molecule has 34 heavy (non-hydrogen) atoms. The Balaban J connectivity index is 0.00000324. The van der Waals surface area contributed by atoms with E-state index in [2.05, 4.69) is 74.8 Å². The van der Waals surface area contributed by atoms with Crippen LogP contribution in [0.15, 0.2) is 65.7 Å². The molecule has 2 aliphatic rings. The van der Waals surface area contributed by atoms with Crippen LogP contribution in [0.5, 0.6) is 0 Å². The molecule has 0 aliphatic carbocycles. The summed E-state index contributed by atoms with van der Waals surface area (Å²) in [5.74, 6) is 0.730. The Morgan fingerprint density at radius 3 is 2.44 bits per heavy atom. The SMILES string of the molecule is CCNC(=NCC(=O)NCCc1ccccc1)N1CC2OCCN(Cc3ccccc3)C2C1.I. The highest BCUT2D eigenvalue weighted by molar-refractivity contribution is 14.0. The van der Waals surface area contributed by atoms with Gasteiger partial charge >= 0.3 is 0 Å². The van der Waals surface area contributed by atoms with Crippen LogP contribution in [-0.4, -0.2) is 79.7 Å². The first kappa shape index (κ1) is 26.4. The molecule has 2 aliphatic heterocycles. The van der Waals surface area contributed by atoms with Crippen molar-refractivity contribution in [2.24, 2.45) is 4.99 Å². The van der Waals surface area contributed by atoms with Crippen molar-refractivity contribution in [3.8, 4) is 0 Å². The van der Waals surface area contributed by atoms with E-state index in [1.54, 1.807) is 0 Å². The summed E-state index contributed by atoms with van der Waals surface area (Å²) in [5, 5.41) is 6.34. The Labute approximate surface area is 220 Å². The van der Waals surface area contributed by atoms with Crippen molar-refractivity contribution in [2.45, 2.75) is 32.0 Å². The number of hydrogen-bond acceptors (Lipinski definition) is 4. The number of morpholine rings is 1. The van der Waals surface area contributed by atoms with E-state index in [4.69, 9.17) is 4.74 Å². The van der Waals surface area contributed by atoms with Gasteiger partial charge in [0.15, 0.2) is 5.96 Å². The molecular formula is C26H36IN5O2. The zero-order valence-corrected chi connectivity index (χ0v) is 22.2. The van der Waals surface area contributed by atoms with Crippen molar-refractivity contribution in [2.75, 3.05) is 45.9 Å². The number of nitrogens with zero attached hydrogens (tertiary/aromatic N) is 3. The first-order valence-corrected chi connectivity index (χ1v) is 12.0. The third-order valence-electron chi connectivity index (χ3n) is 6.23. The number of rotatable bonds is 8. The monoisotopic (exact) mass is 577 g/mol. The van der Waals surface area contributed by atoms with Crippen molar-refractivity contribution in [3.63, 3.8) is 0 Å². The highest BCUT2D eigenvalue weighted by atomic mass is 127. The lowest BCUT2D eigenvalue weighted by atomic mass is 10.1. The van der Waals surface area contributed by atoms with Gasteiger partial charge in [-0.25, -0.2) is 4.99 Å². The molecular weight excluding hydrogens is 541 g/mol. The van der Waals surface area contributed by atoms with Crippen LogP contribution in [-0.2, 0) is 22.5 Å². The summed E-state index contributed by atoms with van der Waals surface area (Å²) in [6, 6.07) is 21.1. The van der Waals surface area contributed by atoms with Crippen molar-refractivity contribution >= 4 is 35.8 Å². The van der Waals surface area contributed by atoms with Gasteiger partial charge in [-0.3, -0.25) is 9.69 Å². The Kier molecular flexibility index (Phi) is 10.6. The molecule has 2 unspecified atom stereocenters. The van der Waals surface area contributed by atoms with Gasteiger partial charge in [-0.05, 0) is 24.5 Å². The molecule has 0 radical (unpaired) electrons. The molecule has 0 spiro atoms. The smallest absolute Gasteiger partial charge is 0.241 e. The molecule has 0 saturated carbocycles. The van der Waals surface area contributed by atoms with Crippen molar-refractivity contribution in [1.82, 2.24) is 20.4 Å². The summed E-state index contributed by atoms with van der Waals surface area (Å²) in [7, 11) is 0. The summed E-state index contributed by atoms with van der Waals surface area (Å²) in [4.78, 5) is 21.8. The average Bonchev–Trinajstić information content (AvgIpc) is 3.28. The van der Waals surface area contributed by atoms with E-state index in [0.29, 0.717) is 12.6 Å². The van der Waals surface area contributed by atoms with E-state index in [9.17, 15) is 4.79 Å². The molecule has 184 valence electrons. The molecule has 2 heterocycles.